The minimum atomic E-state index is -0.518. The van der Waals surface area contributed by atoms with Crippen molar-refractivity contribution < 1.29 is 14.3 Å². The molecule has 1 aromatic rings. The number of nitrogens with zero attached hydrogens (tertiary/aromatic N) is 2. The molecule has 1 fully saturated rings. The van der Waals surface area contributed by atoms with Gasteiger partial charge in [-0.15, -0.1) is 0 Å². The van der Waals surface area contributed by atoms with E-state index in [0.29, 0.717) is 18.9 Å². The van der Waals surface area contributed by atoms with Gasteiger partial charge >= 0.3 is 6.09 Å². The number of carbonyl (C=O) groups excluding carboxylic acids is 1. The van der Waals surface area contributed by atoms with Crippen molar-refractivity contribution >= 4 is 17.5 Å². The second-order valence-corrected chi connectivity index (χ2v) is 5.62. The average molecular weight is 279 g/mol. The Labute approximate surface area is 119 Å². The van der Waals surface area contributed by atoms with Crippen molar-refractivity contribution in [3.63, 3.8) is 0 Å². The van der Waals surface area contributed by atoms with Crippen molar-refractivity contribution in [2.24, 2.45) is 0 Å². The number of nitrogens with one attached hydrogen (secondary N) is 1. The van der Waals surface area contributed by atoms with Crippen molar-refractivity contribution in [2.75, 3.05) is 36.5 Å². The molecule has 1 aliphatic rings. The van der Waals surface area contributed by atoms with Gasteiger partial charge in [0.05, 0.1) is 30.8 Å². The highest BCUT2D eigenvalue weighted by atomic mass is 16.6. The standard InChI is InChI=1S/C14H21N3O3/c1-14(2,3)20-13(18)16-11-4-5-15-10-12(11)17-6-8-19-9-7-17/h4-5,10H,6-9H2,1-3H3,(H,15,16,18). The first kappa shape index (κ1) is 14.6. The van der Waals surface area contributed by atoms with Crippen molar-refractivity contribution in [2.45, 2.75) is 26.4 Å². The van der Waals surface area contributed by atoms with Crippen molar-refractivity contribution in [3.05, 3.63) is 18.5 Å². The van der Waals surface area contributed by atoms with Gasteiger partial charge in [0, 0.05) is 19.3 Å². The molecule has 1 aliphatic heterocycles. The molecular weight excluding hydrogens is 258 g/mol. The lowest BCUT2D eigenvalue weighted by atomic mass is 10.2. The fourth-order valence-corrected chi connectivity index (χ4v) is 1.96. The van der Waals surface area contributed by atoms with Gasteiger partial charge in [-0.05, 0) is 26.8 Å². The van der Waals surface area contributed by atoms with Gasteiger partial charge in [-0.1, -0.05) is 0 Å². The second-order valence-electron chi connectivity index (χ2n) is 5.62. The topological polar surface area (TPSA) is 63.7 Å². The number of amides is 1. The summed E-state index contributed by atoms with van der Waals surface area (Å²) < 4.78 is 10.6. The third-order valence-corrected chi connectivity index (χ3v) is 2.79. The van der Waals surface area contributed by atoms with E-state index in [2.05, 4.69) is 15.2 Å². The summed E-state index contributed by atoms with van der Waals surface area (Å²) in [6.45, 7) is 8.44. The maximum Gasteiger partial charge on any atom is 0.412 e. The third-order valence-electron chi connectivity index (χ3n) is 2.79. The van der Waals surface area contributed by atoms with Crippen LogP contribution in [0.5, 0.6) is 0 Å². The van der Waals surface area contributed by atoms with Crippen LogP contribution in [0.25, 0.3) is 0 Å². The fraction of sp³-hybridized carbons (Fsp3) is 0.571. The maximum atomic E-state index is 11.9. The fourth-order valence-electron chi connectivity index (χ4n) is 1.96. The first-order valence-corrected chi connectivity index (χ1v) is 6.72. The Morgan fingerprint density at radius 2 is 2.10 bits per heavy atom. The van der Waals surface area contributed by atoms with E-state index in [0.717, 1.165) is 18.8 Å². The molecule has 6 nitrogen and oxygen atoms in total. The van der Waals surface area contributed by atoms with Crippen LogP contribution < -0.4 is 10.2 Å². The highest BCUT2D eigenvalue weighted by Gasteiger charge is 2.19. The van der Waals surface area contributed by atoms with Crippen molar-refractivity contribution in [1.82, 2.24) is 4.98 Å². The summed E-state index contributed by atoms with van der Waals surface area (Å²) in [6, 6.07) is 1.77. The molecule has 0 saturated carbocycles. The summed E-state index contributed by atoms with van der Waals surface area (Å²) in [5.74, 6) is 0. The SMILES string of the molecule is CC(C)(C)OC(=O)Nc1ccncc1N1CCOCC1. The average Bonchev–Trinajstić information content (AvgIpc) is 2.38. The van der Waals surface area contributed by atoms with Gasteiger partial charge in [-0.2, -0.15) is 0 Å². The van der Waals surface area contributed by atoms with Gasteiger partial charge in [0.2, 0.25) is 0 Å². The number of carbonyl (C=O) groups is 1. The molecule has 0 bridgehead atoms. The number of morpholine rings is 1. The normalized spacial score (nSPS) is 15.8. The van der Waals surface area contributed by atoms with Crippen LogP contribution in [0.1, 0.15) is 20.8 Å². The molecule has 20 heavy (non-hydrogen) atoms. The number of rotatable bonds is 2. The summed E-state index contributed by atoms with van der Waals surface area (Å²) in [5.41, 5.74) is 1.08. The summed E-state index contributed by atoms with van der Waals surface area (Å²) in [5, 5.41) is 2.78. The van der Waals surface area contributed by atoms with Crippen LogP contribution in [0.2, 0.25) is 0 Å². The van der Waals surface area contributed by atoms with E-state index in [-0.39, 0.29) is 0 Å². The van der Waals surface area contributed by atoms with Crippen molar-refractivity contribution in [3.8, 4) is 0 Å². The van der Waals surface area contributed by atoms with Gasteiger partial charge in [-0.25, -0.2) is 4.79 Å². The summed E-state index contributed by atoms with van der Waals surface area (Å²) in [7, 11) is 0. The number of hydrogen-bond acceptors (Lipinski definition) is 5. The zero-order valence-electron chi connectivity index (χ0n) is 12.2. The molecule has 1 N–H and O–H groups in total. The highest BCUT2D eigenvalue weighted by molar-refractivity contribution is 5.89. The highest BCUT2D eigenvalue weighted by Crippen LogP contribution is 2.25. The van der Waals surface area contributed by atoms with E-state index in [9.17, 15) is 4.79 Å². The Morgan fingerprint density at radius 1 is 1.40 bits per heavy atom. The Bertz CT molecular complexity index is 465. The molecule has 6 heteroatoms. The Kier molecular flexibility index (Phi) is 4.44. The molecule has 2 rings (SSSR count). The van der Waals surface area contributed by atoms with Gasteiger partial charge in [0.15, 0.2) is 0 Å². The molecule has 1 saturated heterocycles. The number of ether oxygens (including phenoxy) is 2. The maximum absolute atomic E-state index is 11.9. The molecule has 1 aromatic heterocycles. The molecular formula is C14H21N3O3. The van der Waals surface area contributed by atoms with Crippen LogP contribution in [0, 0.1) is 0 Å². The van der Waals surface area contributed by atoms with E-state index >= 15 is 0 Å². The largest absolute Gasteiger partial charge is 0.444 e. The van der Waals surface area contributed by atoms with E-state index in [1.165, 1.54) is 0 Å². The van der Waals surface area contributed by atoms with Crippen LogP contribution in [0.4, 0.5) is 16.2 Å². The number of pyridine rings is 1. The predicted octanol–water partition coefficient (Wildman–Crippen LogP) is 2.27. The Morgan fingerprint density at radius 3 is 2.75 bits per heavy atom. The Hall–Kier alpha value is -1.82. The lowest BCUT2D eigenvalue weighted by Gasteiger charge is -2.30. The lowest BCUT2D eigenvalue weighted by Crippen LogP contribution is -2.37. The quantitative estimate of drug-likeness (QED) is 0.899. The Balaban J connectivity index is 2.09. The number of aromatic nitrogens is 1. The monoisotopic (exact) mass is 279 g/mol. The van der Waals surface area contributed by atoms with Gasteiger partial charge in [0.25, 0.3) is 0 Å². The van der Waals surface area contributed by atoms with Crippen molar-refractivity contribution in [1.29, 1.82) is 0 Å². The van der Waals surface area contributed by atoms with Crippen LogP contribution in [-0.4, -0.2) is 43.0 Å². The number of anilines is 2. The van der Waals surface area contributed by atoms with Gasteiger partial charge < -0.3 is 14.4 Å². The number of hydrogen-bond donors (Lipinski definition) is 1. The minimum absolute atomic E-state index is 0.460. The molecule has 0 radical (unpaired) electrons. The molecule has 0 atom stereocenters. The molecule has 0 spiro atoms. The summed E-state index contributed by atoms with van der Waals surface area (Å²) in [4.78, 5) is 18.1. The van der Waals surface area contributed by atoms with Crippen LogP contribution >= 0.6 is 0 Å². The zero-order chi connectivity index (χ0) is 14.6. The summed E-state index contributed by atoms with van der Waals surface area (Å²) >= 11 is 0. The second kappa shape index (κ2) is 6.09. The summed E-state index contributed by atoms with van der Waals surface area (Å²) in [6.07, 6.45) is 2.94. The van der Waals surface area contributed by atoms with E-state index in [1.807, 2.05) is 20.8 Å². The smallest absolute Gasteiger partial charge is 0.412 e. The predicted molar refractivity (Wildman–Crippen MR) is 77.1 cm³/mol. The van der Waals surface area contributed by atoms with E-state index in [1.54, 1.807) is 18.5 Å². The molecule has 110 valence electrons. The molecule has 1 amide bonds. The third kappa shape index (κ3) is 4.09. The van der Waals surface area contributed by atoms with Gasteiger partial charge in [-0.3, -0.25) is 10.3 Å². The molecule has 0 aliphatic carbocycles. The van der Waals surface area contributed by atoms with E-state index < -0.39 is 11.7 Å². The van der Waals surface area contributed by atoms with Crippen LogP contribution in [-0.2, 0) is 9.47 Å². The zero-order valence-corrected chi connectivity index (χ0v) is 12.2. The molecule has 2 heterocycles. The van der Waals surface area contributed by atoms with Gasteiger partial charge in [0.1, 0.15) is 5.60 Å². The minimum Gasteiger partial charge on any atom is -0.444 e. The molecule has 0 aromatic carbocycles. The first-order valence-electron chi connectivity index (χ1n) is 6.72. The lowest BCUT2D eigenvalue weighted by molar-refractivity contribution is 0.0636. The first-order chi connectivity index (χ1) is 9.46. The molecule has 0 unspecified atom stereocenters. The van der Waals surface area contributed by atoms with E-state index in [4.69, 9.17) is 9.47 Å². The van der Waals surface area contributed by atoms with Crippen LogP contribution in [0.3, 0.4) is 0 Å². The van der Waals surface area contributed by atoms with Crippen LogP contribution in [0.15, 0.2) is 18.5 Å².